The first-order chi connectivity index (χ1) is 6.65. The molecule has 0 spiro atoms. The van der Waals surface area contributed by atoms with Crippen LogP contribution in [-0.2, 0) is 0 Å². The van der Waals surface area contributed by atoms with Gasteiger partial charge in [0.25, 0.3) is 0 Å². The summed E-state index contributed by atoms with van der Waals surface area (Å²) in [5, 5.41) is 3.28. The van der Waals surface area contributed by atoms with Crippen LogP contribution in [0.4, 0.5) is 0 Å². The maximum absolute atomic E-state index is 5.80. The van der Waals surface area contributed by atoms with Crippen LogP contribution in [0.3, 0.4) is 0 Å². The fourth-order valence-corrected chi connectivity index (χ4v) is 2.09. The molecule has 0 bridgehead atoms. The highest BCUT2D eigenvalue weighted by molar-refractivity contribution is 9.10. The lowest BCUT2D eigenvalue weighted by Crippen LogP contribution is -2.25. The summed E-state index contributed by atoms with van der Waals surface area (Å²) in [7, 11) is 1.96. The van der Waals surface area contributed by atoms with E-state index >= 15 is 0 Å². The molecule has 0 heterocycles. The Morgan fingerprint density at radius 2 is 2.07 bits per heavy atom. The Bertz CT molecular complexity index is 286. The molecule has 14 heavy (non-hydrogen) atoms. The van der Waals surface area contributed by atoms with E-state index < -0.39 is 0 Å². The predicted octanol–water partition coefficient (Wildman–Crippen LogP) is 2.45. The monoisotopic (exact) mass is 256 g/mol. The molecule has 0 fully saturated rings. The van der Waals surface area contributed by atoms with Gasteiger partial charge in [-0.15, -0.1) is 0 Å². The Labute approximate surface area is 94.0 Å². The van der Waals surface area contributed by atoms with Gasteiger partial charge in [-0.3, -0.25) is 0 Å². The second-order valence-electron chi connectivity index (χ2n) is 3.58. The van der Waals surface area contributed by atoms with E-state index in [1.54, 1.807) is 0 Å². The molecule has 3 N–H and O–H groups in total. The largest absolute Gasteiger partial charge is 0.328 e. The van der Waals surface area contributed by atoms with Crippen molar-refractivity contribution in [3.8, 4) is 0 Å². The zero-order valence-electron chi connectivity index (χ0n) is 8.63. The highest BCUT2D eigenvalue weighted by Crippen LogP contribution is 2.25. The van der Waals surface area contributed by atoms with Crippen molar-refractivity contribution in [2.45, 2.75) is 25.4 Å². The quantitative estimate of drug-likeness (QED) is 0.869. The van der Waals surface area contributed by atoms with E-state index in [0.29, 0.717) is 6.04 Å². The van der Waals surface area contributed by atoms with E-state index in [4.69, 9.17) is 5.73 Å². The van der Waals surface area contributed by atoms with Gasteiger partial charge in [0.1, 0.15) is 0 Å². The number of halogens is 1. The van der Waals surface area contributed by atoms with Gasteiger partial charge in [-0.05, 0) is 32.0 Å². The summed E-state index contributed by atoms with van der Waals surface area (Å²) >= 11 is 3.55. The summed E-state index contributed by atoms with van der Waals surface area (Å²) in [6.45, 7) is 2.03. The number of nitrogens with two attached hydrogens (primary N) is 1. The van der Waals surface area contributed by atoms with Gasteiger partial charge in [0.15, 0.2) is 0 Å². The van der Waals surface area contributed by atoms with Crippen molar-refractivity contribution in [1.82, 2.24) is 5.32 Å². The van der Waals surface area contributed by atoms with Crippen molar-refractivity contribution in [2.24, 2.45) is 5.73 Å². The molecule has 1 aromatic carbocycles. The summed E-state index contributed by atoms with van der Waals surface area (Å²) in [5.41, 5.74) is 7.07. The van der Waals surface area contributed by atoms with Crippen LogP contribution in [0.15, 0.2) is 28.7 Å². The van der Waals surface area contributed by atoms with Crippen LogP contribution < -0.4 is 11.1 Å². The molecule has 2 unspecified atom stereocenters. The molecule has 1 rings (SSSR count). The molecule has 0 radical (unpaired) electrons. The highest BCUT2D eigenvalue weighted by atomic mass is 79.9. The molecule has 2 atom stereocenters. The molecular weight excluding hydrogens is 240 g/mol. The molecular formula is C11H17BrN2. The van der Waals surface area contributed by atoms with Crippen LogP contribution in [0.5, 0.6) is 0 Å². The standard InChI is InChI=1S/C11H17BrN2/c1-8(13)7-11(14-2)9-5-3-4-6-10(9)12/h3-6,8,11,14H,7,13H2,1-2H3. The fourth-order valence-electron chi connectivity index (χ4n) is 1.53. The Kier molecular flexibility index (Phi) is 4.58. The zero-order valence-corrected chi connectivity index (χ0v) is 10.2. The molecule has 2 nitrogen and oxygen atoms in total. The number of benzene rings is 1. The van der Waals surface area contributed by atoms with E-state index in [-0.39, 0.29) is 6.04 Å². The van der Waals surface area contributed by atoms with Gasteiger partial charge in [0.05, 0.1) is 0 Å². The third-order valence-corrected chi connectivity index (χ3v) is 2.96. The molecule has 0 aromatic heterocycles. The van der Waals surface area contributed by atoms with Crippen LogP contribution in [0, 0.1) is 0 Å². The summed E-state index contributed by atoms with van der Waals surface area (Å²) in [6.07, 6.45) is 0.944. The lowest BCUT2D eigenvalue weighted by Gasteiger charge is -2.19. The SMILES string of the molecule is CNC(CC(C)N)c1ccccc1Br. The second-order valence-corrected chi connectivity index (χ2v) is 4.43. The van der Waals surface area contributed by atoms with Crippen LogP contribution in [0.2, 0.25) is 0 Å². The van der Waals surface area contributed by atoms with Gasteiger partial charge in [0.2, 0.25) is 0 Å². The van der Waals surface area contributed by atoms with Gasteiger partial charge in [-0.1, -0.05) is 34.1 Å². The van der Waals surface area contributed by atoms with E-state index in [0.717, 1.165) is 10.9 Å². The predicted molar refractivity (Wildman–Crippen MR) is 64.2 cm³/mol. The van der Waals surface area contributed by atoms with Gasteiger partial charge in [0, 0.05) is 16.6 Å². The first-order valence-electron chi connectivity index (χ1n) is 4.82. The Balaban J connectivity index is 2.83. The topological polar surface area (TPSA) is 38.0 Å². The Morgan fingerprint density at radius 1 is 1.43 bits per heavy atom. The van der Waals surface area contributed by atoms with Gasteiger partial charge in [-0.25, -0.2) is 0 Å². The van der Waals surface area contributed by atoms with Crippen molar-refractivity contribution < 1.29 is 0 Å². The lowest BCUT2D eigenvalue weighted by atomic mass is 10.0. The molecule has 0 aliphatic heterocycles. The van der Waals surface area contributed by atoms with E-state index in [1.165, 1.54) is 5.56 Å². The maximum Gasteiger partial charge on any atom is 0.0343 e. The van der Waals surface area contributed by atoms with E-state index in [9.17, 15) is 0 Å². The van der Waals surface area contributed by atoms with Gasteiger partial charge < -0.3 is 11.1 Å². The molecule has 3 heteroatoms. The third kappa shape index (κ3) is 3.08. The second kappa shape index (κ2) is 5.49. The number of nitrogens with one attached hydrogen (secondary N) is 1. The number of rotatable bonds is 4. The van der Waals surface area contributed by atoms with Crippen molar-refractivity contribution in [3.63, 3.8) is 0 Å². The molecule has 0 saturated carbocycles. The average Bonchev–Trinajstić information content (AvgIpc) is 2.15. The molecule has 0 aliphatic carbocycles. The summed E-state index contributed by atoms with van der Waals surface area (Å²) in [6, 6.07) is 8.77. The molecule has 0 aliphatic rings. The Morgan fingerprint density at radius 3 is 2.57 bits per heavy atom. The summed E-state index contributed by atoms with van der Waals surface area (Å²) < 4.78 is 1.14. The Hall–Kier alpha value is -0.380. The number of hydrogen-bond donors (Lipinski definition) is 2. The first-order valence-corrected chi connectivity index (χ1v) is 5.61. The van der Waals surface area contributed by atoms with Crippen molar-refractivity contribution in [1.29, 1.82) is 0 Å². The zero-order chi connectivity index (χ0) is 10.6. The van der Waals surface area contributed by atoms with Crippen molar-refractivity contribution >= 4 is 15.9 Å². The minimum absolute atomic E-state index is 0.208. The minimum Gasteiger partial charge on any atom is -0.328 e. The molecule has 0 amide bonds. The summed E-state index contributed by atoms with van der Waals surface area (Å²) in [5.74, 6) is 0. The maximum atomic E-state index is 5.80. The fraction of sp³-hybridized carbons (Fsp3) is 0.455. The first kappa shape index (κ1) is 11.7. The smallest absolute Gasteiger partial charge is 0.0343 e. The molecule has 1 aromatic rings. The van der Waals surface area contributed by atoms with Crippen LogP contribution in [0.25, 0.3) is 0 Å². The average molecular weight is 257 g/mol. The van der Waals surface area contributed by atoms with E-state index in [1.807, 2.05) is 26.1 Å². The number of hydrogen-bond acceptors (Lipinski definition) is 2. The minimum atomic E-state index is 0.208. The third-order valence-electron chi connectivity index (χ3n) is 2.24. The molecule has 78 valence electrons. The van der Waals surface area contributed by atoms with Crippen LogP contribution in [0.1, 0.15) is 24.9 Å². The van der Waals surface area contributed by atoms with Crippen LogP contribution >= 0.6 is 15.9 Å². The summed E-state index contributed by atoms with van der Waals surface area (Å²) in [4.78, 5) is 0. The molecule has 0 saturated heterocycles. The van der Waals surface area contributed by atoms with E-state index in [2.05, 4.69) is 33.4 Å². The highest BCUT2D eigenvalue weighted by Gasteiger charge is 2.13. The van der Waals surface area contributed by atoms with Gasteiger partial charge >= 0.3 is 0 Å². The van der Waals surface area contributed by atoms with Crippen LogP contribution in [-0.4, -0.2) is 13.1 Å². The normalized spacial score (nSPS) is 15.1. The van der Waals surface area contributed by atoms with Crippen molar-refractivity contribution in [2.75, 3.05) is 7.05 Å². The van der Waals surface area contributed by atoms with Gasteiger partial charge in [-0.2, -0.15) is 0 Å². The lowest BCUT2D eigenvalue weighted by molar-refractivity contribution is 0.498. The van der Waals surface area contributed by atoms with Crippen molar-refractivity contribution in [3.05, 3.63) is 34.3 Å².